The highest BCUT2D eigenvalue weighted by Crippen LogP contribution is 2.33. The van der Waals surface area contributed by atoms with E-state index in [1.807, 2.05) is 24.4 Å². The number of amides is 1. The minimum Gasteiger partial charge on any atom is -0.444 e. The number of aromatic nitrogens is 3. The van der Waals surface area contributed by atoms with Gasteiger partial charge in [0.15, 0.2) is 0 Å². The van der Waals surface area contributed by atoms with Crippen LogP contribution in [0.3, 0.4) is 0 Å². The van der Waals surface area contributed by atoms with Crippen LogP contribution in [0.2, 0.25) is 0 Å². The van der Waals surface area contributed by atoms with Crippen molar-refractivity contribution in [2.75, 3.05) is 5.32 Å². The van der Waals surface area contributed by atoms with Gasteiger partial charge in [-0.05, 0) is 57.0 Å². The zero-order valence-corrected chi connectivity index (χ0v) is 18.7. The van der Waals surface area contributed by atoms with Crippen LogP contribution in [0, 0.1) is 12.7 Å². The largest absolute Gasteiger partial charge is 0.444 e. The molecular weight excluding hydrogens is 423 g/mol. The molecule has 0 spiro atoms. The molecule has 0 aliphatic heterocycles. The maximum absolute atomic E-state index is 14.6. The van der Waals surface area contributed by atoms with Crippen LogP contribution in [-0.4, -0.2) is 32.6 Å². The Labute approximate surface area is 190 Å². The molecule has 0 unspecified atom stereocenters. The Bertz CT molecular complexity index is 1350. The zero-order chi connectivity index (χ0) is 23.8. The molecule has 0 bridgehead atoms. The van der Waals surface area contributed by atoms with Crippen molar-refractivity contribution in [2.45, 2.75) is 33.3 Å². The zero-order valence-electron chi connectivity index (χ0n) is 18.7. The predicted molar refractivity (Wildman–Crippen MR) is 124 cm³/mol. The van der Waals surface area contributed by atoms with E-state index in [9.17, 15) is 14.0 Å². The number of carbonyl (C=O) groups is 2. The van der Waals surface area contributed by atoms with Gasteiger partial charge in [0.2, 0.25) is 0 Å². The summed E-state index contributed by atoms with van der Waals surface area (Å²) in [5.41, 5.74) is 4.33. The second-order valence-corrected chi connectivity index (χ2v) is 8.66. The number of carbonyl (C=O) groups excluding carboxylic acids is 2. The predicted octanol–water partition coefficient (Wildman–Crippen LogP) is 5.67. The van der Waals surface area contributed by atoms with Crippen LogP contribution in [-0.2, 0) is 4.74 Å². The fourth-order valence-electron chi connectivity index (χ4n) is 3.52. The maximum atomic E-state index is 14.6. The topological polar surface area (TPSA) is 85.6 Å². The lowest BCUT2D eigenvalue weighted by Gasteiger charge is -2.20. The van der Waals surface area contributed by atoms with Crippen molar-refractivity contribution in [1.29, 1.82) is 0 Å². The van der Waals surface area contributed by atoms with Crippen molar-refractivity contribution in [1.82, 2.24) is 14.6 Å². The first-order chi connectivity index (χ1) is 15.6. The van der Waals surface area contributed by atoms with Crippen molar-refractivity contribution in [3.8, 4) is 22.4 Å². The van der Waals surface area contributed by atoms with Crippen molar-refractivity contribution < 1.29 is 18.7 Å². The Morgan fingerprint density at radius 3 is 2.52 bits per heavy atom. The third-order valence-electron chi connectivity index (χ3n) is 5.05. The highest BCUT2D eigenvalue weighted by molar-refractivity contribution is 5.90. The fourth-order valence-corrected chi connectivity index (χ4v) is 3.52. The molecule has 33 heavy (non-hydrogen) atoms. The highest BCUT2D eigenvalue weighted by Gasteiger charge is 2.20. The molecular formula is C25H23FN4O3. The first kappa shape index (κ1) is 22.1. The molecule has 2 aromatic heterocycles. The molecule has 168 valence electrons. The van der Waals surface area contributed by atoms with E-state index in [0.717, 1.165) is 17.4 Å². The number of benzene rings is 2. The first-order valence-electron chi connectivity index (χ1n) is 10.3. The van der Waals surface area contributed by atoms with Crippen molar-refractivity contribution in [2.24, 2.45) is 0 Å². The number of rotatable bonds is 4. The number of nitrogens with one attached hydrogen (secondary N) is 1. The number of fused-ring (bicyclic) bond motifs is 1. The summed E-state index contributed by atoms with van der Waals surface area (Å²) in [6, 6.07) is 11.7. The summed E-state index contributed by atoms with van der Waals surface area (Å²) in [6.07, 6.45) is 3.36. The summed E-state index contributed by atoms with van der Waals surface area (Å²) >= 11 is 0. The molecule has 7 nitrogen and oxygen atoms in total. The molecule has 0 aliphatic rings. The molecule has 1 N–H and O–H groups in total. The summed E-state index contributed by atoms with van der Waals surface area (Å²) in [5, 5.41) is 6.90. The molecule has 2 heterocycles. The van der Waals surface area contributed by atoms with Crippen LogP contribution >= 0.6 is 0 Å². The van der Waals surface area contributed by atoms with Crippen LogP contribution in [0.15, 0.2) is 55.0 Å². The Morgan fingerprint density at radius 1 is 1.12 bits per heavy atom. The molecule has 0 aliphatic carbocycles. The minimum atomic E-state index is -0.681. The Hall–Kier alpha value is -4.07. The molecule has 4 rings (SSSR count). The third-order valence-corrected chi connectivity index (χ3v) is 5.05. The summed E-state index contributed by atoms with van der Waals surface area (Å²) in [4.78, 5) is 27.6. The molecule has 0 saturated heterocycles. The summed E-state index contributed by atoms with van der Waals surface area (Å²) in [5.74, 6) is -0.519. The van der Waals surface area contributed by atoms with Crippen LogP contribution in [0.5, 0.6) is 0 Å². The number of ether oxygens (including phenoxy) is 1. The lowest BCUT2D eigenvalue weighted by atomic mass is 10.0. The number of halogens is 1. The van der Waals surface area contributed by atoms with Crippen LogP contribution < -0.4 is 5.32 Å². The molecule has 0 atom stereocenters. The SMILES string of the molecule is Cc1c(NC(=O)OC(C)(C)C)cc(F)cc1-c1ncnn2cc(-c3ccc(C=O)cc3)cc12. The smallest absolute Gasteiger partial charge is 0.412 e. The van der Waals surface area contributed by atoms with E-state index in [4.69, 9.17) is 4.74 Å². The molecule has 1 amide bonds. The number of anilines is 1. The van der Waals surface area contributed by atoms with Gasteiger partial charge in [0.1, 0.15) is 24.0 Å². The summed E-state index contributed by atoms with van der Waals surface area (Å²) < 4.78 is 21.5. The van der Waals surface area contributed by atoms with Gasteiger partial charge in [-0.15, -0.1) is 0 Å². The van der Waals surface area contributed by atoms with Gasteiger partial charge in [-0.2, -0.15) is 5.10 Å². The monoisotopic (exact) mass is 446 g/mol. The van der Waals surface area contributed by atoms with E-state index >= 15 is 0 Å². The van der Waals surface area contributed by atoms with Gasteiger partial charge in [0.25, 0.3) is 0 Å². The number of aldehydes is 1. The molecule has 0 fully saturated rings. The molecule has 4 aromatic rings. The highest BCUT2D eigenvalue weighted by atomic mass is 19.1. The van der Waals surface area contributed by atoms with Gasteiger partial charge < -0.3 is 4.74 Å². The van der Waals surface area contributed by atoms with Gasteiger partial charge in [-0.1, -0.05) is 24.3 Å². The van der Waals surface area contributed by atoms with Gasteiger partial charge in [0, 0.05) is 22.9 Å². The second kappa shape index (κ2) is 8.46. The van der Waals surface area contributed by atoms with E-state index in [2.05, 4.69) is 15.4 Å². The molecule has 8 heteroatoms. The lowest BCUT2D eigenvalue weighted by molar-refractivity contribution is 0.0635. The van der Waals surface area contributed by atoms with E-state index in [0.29, 0.717) is 33.6 Å². The molecule has 2 aromatic carbocycles. The minimum absolute atomic E-state index is 0.298. The van der Waals surface area contributed by atoms with Crippen molar-refractivity contribution in [3.05, 3.63) is 71.9 Å². The number of hydrogen-bond acceptors (Lipinski definition) is 5. The van der Waals surface area contributed by atoms with Crippen LogP contribution in [0.25, 0.3) is 27.9 Å². The Kier molecular flexibility index (Phi) is 5.68. The second-order valence-electron chi connectivity index (χ2n) is 8.66. The average Bonchev–Trinajstić information content (AvgIpc) is 3.19. The van der Waals surface area contributed by atoms with E-state index in [1.54, 1.807) is 44.3 Å². The van der Waals surface area contributed by atoms with Gasteiger partial charge in [-0.25, -0.2) is 18.7 Å². The standard InChI is InChI=1S/C25H23FN4O3/c1-15-20(10-19(26)11-21(15)29-24(32)33-25(2,3)4)23-22-9-18(12-30(22)28-14-27-23)17-7-5-16(13-31)6-8-17/h5-14H,1-4H3,(H,29,32). The van der Waals surface area contributed by atoms with E-state index in [-0.39, 0.29) is 0 Å². The average molecular weight is 446 g/mol. The van der Waals surface area contributed by atoms with Crippen LogP contribution in [0.1, 0.15) is 36.7 Å². The van der Waals surface area contributed by atoms with Crippen LogP contribution in [0.4, 0.5) is 14.9 Å². The fraction of sp³-hybridized carbons (Fsp3) is 0.200. The quantitative estimate of drug-likeness (QED) is 0.408. The number of hydrogen-bond donors (Lipinski definition) is 1. The molecule has 0 saturated carbocycles. The number of nitrogens with zero attached hydrogens (tertiary/aromatic N) is 3. The van der Waals surface area contributed by atoms with Crippen molar-refractivity contribution >= 4 is 23.6 Å². The van der Waals surface area contributed by atoms with E-state index in [1.165, 1.54) is 18.5 Å². The Balaban J connectivity index is 1.77. The summed E-state index contributed by atoms with van der Waals surface area (Å²) in [7, 11) is 0. The molecule has 0 radical (unpaired) electrons. The van der Waals surface area contributed by atoms with Gasteiger partial charge in [0.05, 0.1) is 16.9 Å². The van der Waals surface area contributed by atoms with Crippen molar-refractivity contribution in [3.63, 3.8) is 0 Å². The van der Waals surface area contributed by atoms with Gasteiger partial charge >= 0.3 is 6.09 Å². The Morgan fingerprint density at radius 2 is 1.85 bits per heavy atom. The lowest BCUT2D eigenvalue weighted by Crippen LogP contribution is -2.27. The van der Waals surface area contributed by atoms with Gasteiger partial charge in [-0.3, -0.25) is 10.1 Å². The maximum Gasteiger partial charge on any atom is 0.412 e. The summed E-state index contributed by atoms with van der Waals surface area (Å²) in [6.45, 7) is 7.04. The normalized spacial score (nSPS) is 11.4. The first-order valence-corrected chi connectivity index (χ1v) is 10.3. The third kappa shape index (κ3) is 4.74. The van der Waals surface area contributed by atoms with E-state index < -0.39 is 17.5 Å².